The highest BCUT2D eigenvalue weighted by Crippen LogP contribution is 2.11. The van der Waals surface area contributed by atoms with Crippen LogP contribution in [0.5, 0.6) is 0 Å². The molecule has 0 amide bonds. The monoisotopic (exact) mass is 223 g/mol. The van der Waals surface area contributed by atoms with E-state index >= 15 is 0 Å². The van der Waals surface area contributed by atoms with E-state index in [1.807, 2.05) is 6.07 Å². The van der Waals surface area contributed by atoms with Gasteiger partial charge >= 0.3 is 0 Å². The molecule has 0 aromatic heterocycles. The van der Waals surface area contributed by atoms with Gasteiger partial charge in [0.15, 0.2) is 0 Å². The van der Waals surface area contributed by atoms with Gasteiger partial charge in [-0.05, 0) is 24.6 Å². The number of hydrogen-bond donors (Lipinski definition) is 0. The topological polar surface area (TPSA) is 42.2 Å². The number of methoxy groups -OCH3 is 1. The zero-order chi connectivity index (χ0) is 11.8. The van der Waals surface area contributed by atoms with Crippen LogP contribution in [0.4, 0.5) is 4.39 Å². The lowest BCUT2D eigenvalue weighted by molar-refractivity contribution is 0.0912. The SMILES string of the molecule is COCCCOCc1cc(C#N)ccc1F. The molecule has 0 atom stereocenters. The standard InChI is InChI=1S/C12H14FNO2/c1-15-5-2-6-16-9-11-7-10(8-14)3-4-12(11)13/h3-4,7H,2,5-6,9H2,1H3. The summed E-state index contributed by atoms with van der Waals surface area (Å²) in [6.07, 6.45) is 0.774. The third-order valence-electron chi connectivity index (χ3n) is 2.07. The van der Waals surface area contributed by atoms with Crippen LogP contribution in [0.2, 0.25) is 0 Å². The summed E-state index contributed by atoms with van der Waals surface area (Å²) in [6.45, 7) is 1.33. The molecule has 0 N–H and O–H groups in total. The average Bonchev–Trinajstić information content (AvgIpc) is 2.31. The molecule has 4 heteroatoms. The molecule has 0 spiro atoms. The summed E-state index contributed by atoms with van der Waals surface area (Å²) in [7, 11) is 1.62. The van der Waals surface area contributed by atoms with E-state index in [9.17, 15) is 4.39 Å². The van der Waals surface area contributed by atoms with Crippen molar-refractivity contribution in [3.8, 4) is 6.07 Å². The highest BCUT2D eigenvalue weighted by Gasteiger charge is 2.03. The highest BCUT2D eigenvalue weighted by atomic mass is 19.1. The van der Waals surface area contributed by atoms with Crippen molar-refractivity contribution < 1.29 is 13.9 Å². The maximum Gasteiger partial charge on any atom is 0.128 e. The summed E-state index contributed by atoms with van der Waals surface area (Å²) in [5.74, 6) is -0.342. The zero-order valence-electron chi connectivity index (χ0n) is 9.20. The Morgan fingerprint density at radius 1 is 1.38 bits per heavy atom. The van der Waals surface area contributed by atoms with E-state index in [0.717, 1.165) is 6.42 Å². The first-order valence-corrected chi connectivity index (χ1v) is 5.03. The van der Waals surface area contributed by atoms with Crippen LogP contribution in [-0.4, -0.2) is 20.3 Å². The summed E-state index contributed by atoms with van der Waals surface area (Å²) in [5, 5.41) is 8.66. The minimum Gasteiger partial charge on any atom is -0.385 e. The fraction of sp³-hybridized carbons (Fsp3) is 0.417. The second kappa shape index (κ2) is 6.94. The van der Waals surface area contributed by atoms with Crippen LogP contribution in [0.15, 0.2) is 18.2 Å². The van der Waals surface area contributed by atoms with E-state index in [1.165, 1.54) is 18.2 Å². The Kier molecular flexibility index (Phi) is 5.48. The van der Waals surface area contributed by atoms with E-state index in [1.54, 1.807) is 7.11 Å². The molecule has 0 heterocycles. The molecule has 1 aromatic rings. The Morgan fingerprint density at radius 3 is 2.88 bits per heavy atom. The van der Waals surface area contributed by atoms with E-state index in [-0.39, 0.29) is 12.4 Å². The van der Waals surface area contributed by atoms with Crippen molar-refractivity contribution >= 4 is 0 Å². The van der Waals surface area contributed by atoms with Crippen LogP contribution in [-0.2, 0) is 16.1 Å². The van der Waals surface area contributed by atoms with Crippen molar-refractivity contribution in [1.29, 1.82) is 5.26 Å². The van der Waals surface area contributed by atoms with Gasteiger partial charge in [0.25, 0.3) is 0 Å². The van der Waals surface area contributed by atoms with E-state index in [2.05, 4.69) is 0 Å². The molecular formula is C12H14FNO2. The lowest BCUT2D eigenvalue weighted by Gasteiger charge is -2.05. The zero-order valence-corrected chi connectivity index (χ0v) is 9.20. The minimum atomic E-state index is -0.342. The number of benzene rings is 1. The number of ether oxygens (including phenoxy) is 2. The molecule has 0 saturated heterocycles. The van der Waals surface area contributed by atoms with Gasteiger partial charge in [0.1, 0.15) is 5.82 Å². The van der Waals surface area contributed by atoms with Crippen molar-refractivity contribution in [2.24, 2.45) is 0 Å². The number of nitriles is 1. The number of halogens is 1. The largest absolute Gasteiger partial charge is 0.385 e. The van der Waals surface area contributed by atoms with Crippen LogP contribution < -0.4 is 0 Å². The fourth-order valence-corrected chi connectivity index (χ4v) is 1.24. The maximum absolute atomic E-state index is 13.3. The third-order valence-corrected chi connectivity index (χ3v) is 2.07. The average molecular weight is 223 g/mol. The Bertz CT molecular complexity index is 374. The lowest BCUT2D eigenvalue weighted by atomic mass is 10.1. The fourth-order valence-electron chi connectivity index (χ4n) is 1.24. The number of hydrogen-bond acceptors (Lipinski definition) is 3. The number of nitrogens with zero attached hydrogens (tertiary/aromatic N) is 1. The molecule has 1 aromatic carbocycles. The van der Waals surface area contributed by atoms with E-state index < -0.39 is 0 Å². The molecule has 0 saturated carbocycles. The van der Waals surface area contributed by atoms with Crippen LogP contribution in [0, 0.1) is 17.1 Å². The molecular weight excluding hydrogens is 209 g/mol. The van der Waals surface area contributed by atoms with Crippen LogP contribution in [0.25, 0.3) is 0 Å². The van der Waals surface area contributed by atoms with Gasteiger partial charge in [0.2, 0.25) is 0 Å². The molecule has 0 aliphatic carbocycles. The van der Waals surface area contributed by atoms with Gasteiger partial charge in [0, 0.05) is 25.9 Å². The van der Waals surface area contributed by atoms with Crippen LogP contribution in [0.3, 0.4) is 0 Å². The van der Waals surface area contributed by atoms with Gasteiger partial charge in [-0.3, -0.25) is 0 Å². The van der Waals surface area contributed by atoms with Crippen LogP contribution >= 0.6 is 0 Å². The Balaban J connectivity index is 2.44. The van der Waals surface area contributed by atoms with Crippen molar-refractivity contribution in [3.63, 3.8) is 0 Å². The summed E-state index contributed by atoms with van der Waals surface area (Å²) in [4.78, 5) is 0. The van der Waals surface area contributed by atoms with Gasteiger partial charge in [-0.2, -0.15) is 5.26 Å². The molecule has 0 bridgehead atoms. The second-order valence-corrected chi connectivity index (χ2v) is 3.32. The first kappa shape index (κ1) is 12.6. The predicted octanol–water partition coefficient (Wildman–Crippen LogP) is 2.25. The molecule has 86 valence electrons. The summed E-state index contributed by atoms with van der Waals surface area (Å²) < 4.78 is 23.4. The third kappa shape index (κ3) is 3.97. The number of rotatable bonds is 6. The van der Waals surface area contributed by atoms with Gasteiger partial charge in [-0.15, -0.1) is 0 Å². The van der Waals surface area contributed by atoms with Crippen molar-refractivity contribution in [1.82, 2.24) is 0 Å². The van der Waals surface area contributed by atoms with E-state index in [4.69, 9.17) is 14.7 Å². The van der Waals surface area contributed by atoms with E-state index in [0.29, 0.717) is 24.3 Å². The smallest absolute Gasteiger partial charge is 0.128 e. The summed E-state index contributed by atoms with van der Waals surface area (Å²) in [6, 6.07) is 6.20. The summed E-state index contributed by atoms with van der Waals surface area (Å²) in [5.41, 5.74) is 0.855. The van der Waals surface area contributed by atoms with Gasteiger partial charge in [-0.1, -0.05) is 0 Å². The first-order chi connectivity index (χ1) is 7.77. The minimum absolute atomic E-state index is 0.186. The molecule has 0 aliphatic rings. The second-order valence-electron chi connectivity index (χ2n) is 3.32. The first-order valence-electron chi connectivity index (χ1n) is 5.03. The Hall–Kier alpha value is -1.44. The molecule has 16 heavy (non-hydrogen) atoms. The highest BCUT2D eigenvalue weighted by molar-refractivity contribution is 5.33. The van der Waals surface area contributed by atoms with Gasteiger partial charge in [0.05, 0.1) is 18.2 Å². The van der Waals surface area contributed by atoms with Crippen molar-refractivity contribution in [3.05, 3.63) is 35.1 Å². The van der Waals surface area contributed by atoms with Crippen molar-refractivity contribution in [2.75, 3.05) is 20.3 Å². The molecule has 1 rings (SSSR count). The molecule has 0 fully saturated rings. The van der Waals surface area contributed by atoms with Gasteiger partial charge in [-0.25, -0.2) is 4.39 Å². The molecule has 0 radical (unpaired) electrons. The maximum atomic E-state index is 13.3. The quantitative estimate of drug-likeness (QED) is 0.694. The molecule has 0 unspecified atom stereocenters. The Labute approximate surface area is 94.4 Å². The van der Waals surface area contributed by atoms with Crippen molar-refractivity contribution in [2.45, 2.75) is 13.0 Å². The Morgan fingerprint density at radius 2 is 2.19 bits per heavy atom. The van der Waals surface area contributed by atoms with Gasteiger partial charge < -0.3 is 9.47 Å². The normalized spacial score (nSPS) is 10.1. The lowest BCUT2D eigenvalue weighted by Crippen LogP contribution is -2.01. The molecule has 3 nitrogen and oxygen atoms in total. The predicted molar refractivity (Wildman–Crippen MR) is 57.3 cm³/mol. The molecule has 0 aliphatic heterocycles. The van der Waals surface area contributed by atoms with Crippen LogP contribution in [0.1, 0.15) is 17.5 Å². The summed E-state index contributed by atoms with van der Waals surface area (Å²) >= 11 is 0.